The quantitative estimate of drug-likeness (QED) is 0.201. The number of hydrogen-bond donors (Lipinski definition) is 1. The molecule has 1 N–H and O–H groups in total. The lowest BCUT2D eigenvalue weighted by molar-refractivity contribution is -0.265. The van der Waals surface area contributed by atoms with Gasteiger partial charge in [-0.15, -0.1) is 0 Å². The van der Waals surface area contributed by atoms with Gasteiger partial charge in [0.05, 0.1) is 0 Å². The monoisotopic (exact) mass is 398 g/mol. The van der Waals surface area contributed by atoms with Gasteiger partial charge in [-0.3, -0.25) is 4.55 Å². The molecular weight excluding hydrogens is 360 g/mol. The van der Waals surface area contributed by atoms with Crippen LogP contribution >= 0.6 is 0 Å². The standard InChI is InChI=1S/C18H38O7S/c1-5-6-7-8-9-10-11-12-13-14-15-22-16(2)23-17(3)24-18(4)25-26(19,20)21/h16-18H,5-15H2,1-4H3,(H,19,20,21). The first-order valence-corrected chi connectivity index (χ1v) is 11.2. The molecular formula is C18H38O7S. The summed E-state index contributed by atoms with van der Waals surface area (Å²) in [6.07, 6.45) is 10.4. The van der Waals surface area contributed by atoms with Crippen LogP contribution in [0.25, 0.3) is 0 Å². The Morgan fingerprint density at radius 2 is 1.19 bits per heavy atom. The van der Waals surface area contributed by atoms with Crippen molar-refractivity contribution < 1.29 is 31.4 Å². The normalized spacial score (nSPS) is 15.7. The van der Waals surface area contributed by atoms with Gasteiger partial charge >= 0.3 is 10.4 Å². The molecule has 0 aliphatic carbocycles. The van der Waals surface area contributed by atoms with Crippen molar-refractivity contribution in [2.75, 3.05) is 6.61 Å². The summed E-state index contributed by atoms with van der Waals surface area (Å²) in [6.45, 7) is 7.56. The second-order valence-electron chi connectivity index (χ2n) is 6.55. The van der Waals surface area contributed by atoms with Crippen LogP contribution in [0, 0.1) is 0 Å². The molecule has 0 rings (SSSR count). The number of rotatable bonds is 18. The van der Waals surface area contributed by atoms with Gasteiger partial charge in [0.25, 0.3) is 0 Å². The third kappa shape index (κ3) is 18.5. The van der Waals surface area contributed by atoms with Crippen molar-refractivity contribution in [2.24, 2.45) is 0 Å². The molecule has 3 atom stereocenters. The van der Waals surface area contributed by atoms with Gasteiger partial charge in [-0.2, -0.15) is 8.42 Å². The molecule has 158 valence electrons. The van der Waals surface area contributed by atoms with Gasteiger partial charge in [0.1, 0.15) is 0 Å². The van der Waals surface area contributed by atoms with E-state index in [1.165, 1.54) is 58.3 Å². The molecule has 0 aromatic carbocycles. The molecule has 26 heavy (non-hydrogen) atoms. The van der Waals surface area contributed by atoms with E-state index in [-0.39, 0.29) is 0 Å². The molecule has 0 bridgehead atoms. The van der Waals surface area contributed by atoms with E-state index < -0.39 is 29.3 Å². The summed E-state index contributed by atoms with van der Waals surface area (Å²) in [6, 6.07) is 0. The highest BCUT2D eigenvalue weighted by Gasteiger charge is 2.17. The molecule has 8 heteroatoms. The second kappa shape index (κ2) is 15.8. The average Bonchev–Trinajstić information content (AvgIpc) is 2.50. The third-order valence-corrected chi connectivity index (χ3v) is 4.39. The van der Waals surface area contributed by atoms with Gasteiger partial charge in [-0.1, -0.05) is 64.7 Å². The SMILES string of the molecule is CCCCCCCCCCCCOC(C)OC(C)OC(C)OS(=O)(=O)O. The Kier molecular flexibility index (Phi) is 15.6. The van der Waals surface area contributed by atoms with Crippen molar-refractivity contribution >= 4 is 10.4 Å². The summed E-state index contributed by atoms with van der Waals surface area (Å²) in [5.41, 5.74) is 0. The summed E-state index contributed by atoms with van der Waals surface area (Å²) < 4.78 is 50.0. The lowest BCUT2D eigenvalue weighted by Crippen LogP contribution is -2.28. The molecule has 0 aliphatic heterocycles. The maximum absolute atomic E-state index is 10.6. The van der Waals surface area contributed by atoms with Crippen LogP contribution in [-0.2, 0) is 28.8 Å². The lowest BCUT2D eigenvalue weighted by Gasteiger charge is -2.22. The summed E-state index contributed by atoms with van der Waals surface area (Å²) in [4.78, 5) is 0. The van der Waals surface area contributed by atoms with Crippen LogP contribution in [0.1, 0.15) is 91.9 Å². The van der Waals surface area contributed by atoms with Gasteiger partial charge in [0.2, 0.25) is 0 Å². The molecule has 7 nitrogen and oxygen atoms in total. The molecule has 0 aromatic rings. The van der Waals surface area contributed by atoms with Crippen LogP contribution in [0.2, 0.25) is 0 Å². The maximum Gasteiger partial charge on any atom is 0.399 e. The molecule has 0 amide bonds. The van der Waals surface area contributed by atoms with Crippen LogP contribution in [0.5, 0.6) is 0 Å². The zero-order valence-electron chi connectivity index (χ0n) is 16.8. The van der Waals surface area contributed by atoms with Crippen molar-refractivity contribution in [1.82, 2.24) is 0 Å². The zero-order valence-corrected chi connectivity index (χ0v) is 17.6. The van der Waals surface area contributed by atoms with Crippen LogP contribution in [-0.4, -0.2) is 38.4 Å². The number of unbranched alkanes of at least 4 members (excludes halogenated alkanes) is 9. The highest BCUT2D eigenvalue weighted by molar-refractivity contribution is 7.80. The molecule has 0 aromatic heterocycles. The minimum atomic E-state index is -4.54. The predicted octanol–water partition coefficient (Wildman–Crippen LogP) is 4.81. The van der Waals surface area contributed by atoms with Crippen LogP contribution in [0.4, 0.5) is 0 Å². The van der Waals surface area contributed by atoms with Crippen LogP contribution in [0.3, 0.4) is 0 Å². The van der Waals surface area contributed by atoms with E-state index in [9.17, 15) is 8.42 Å². The minimum Gasteiger partial charge on any atom is -0.353 e. The summed E-state index contributed by atoms with van der Waals surface area (Å²) >= 11 is 0. The van der Waals surface area contributed by atoms with E-state index in [1.807, 2.05) is 0 Å². The van der Waals surface area contributed by atoms with E-state index in [0.29, 0.717) is 6.61 Å². The Balaban J connectivity index is 3.52. The number of hydrogen-bond acceptors (Lipinski definition) is 6. The first kappa shape index (κ1) is 25.8. The minimum absolute atomic E-state index is 0.471. The predicted molar refractivity (Wildman–Crippen MR) is 101 cm³/mol. The van der Waals surface area contributed by atoms with Crippen molar-refractivity contribution in [3.05, 3.63) is 0 Å². The molecule has 0 aliphatic rings. The Labute approximate surface area is 159 Å². The van der Waals surface area contributed by atoms with E-state index in [4.69, 9.17) is 18.8 Å². The highest BCUT2D eigenvalue weighted by Crippen LogP contribution is 2.11. The van der Waals surface area contributed by atoms with Gasteiger partial charge < -0.3 is 14.2 Å². The first-order chi connectivity index (χ1) is 12.2. The van der Waals surface area contributed by atoms with Crippen molar-refractivity contribution in [1.29, 1.82) is 0 Å². The summed E-state index contributed by atoms with van der Waals surface area (Å²) in [7, 11) is -4.54. The van der Waals surface area contributed by atoms with E-state index in [1.54, 1.807) is 13.8 Å². The molecule has 0 radical (unpaired) electrons. The first-order valence-electron chi connectivity index (χ1n) is 9.82. The maximum atomic E-state index is 10.6. The Hall–Kier alpha value is -0.250. The van der Waals surface area contributed by atoms with Crippen molar-refractivity contribution in [2.45, 2.75) is 111 Å². The molecule has 3 unspecified atom stereocenters. The highest BCUT2D eigenvalue weighted by atomic mass is 32.3. The fourth-order valence-electron chi connectivity index (χ4n) is 2.64. The van der Waals surface area contributed by atoms with Gasteiger partial charge in [0.15, 0.2) is 18.9 Å². The Morgan fingerprint density at radius 3 is 1.69 bits per heavy atom. The largest absolute Gasteiger partial charge is 0.399 e. The van der Waals surface area contributed by atoms with Gasteiger partial charge in [0, 0.05) is 6.61 Å². The zero-order chi connectivity index (χ0) is 19.8. The van der Waals surface area contributed by atoms with Gasteiger partial charge in [-0.05, 0) is 27.2 Å². The van der Waals surface area contributed by atoms with E-state index in [2.05, 4.69) is 11.1 Å². The smallest absolute Gasteiger partial charge is 0.353 e. The van der Waals surface area contributed by atoms with Gasteiger partial charge in [-0.25, -0.2) is 4.18 Å². The molecule has 0 fully saturated rings. The fraction of sp³-hybridized carbons (Fsp3) is 1.00. The third-order valence-electron chi connectivity index (χ3n) is 3.87. The Bertz CT molecular complexity index is 414. The fourth-order valence-corrected chi connectivity index (χ4v) is 3.03. The molecule has 0 saturated heterocycles. The molecule has 0 saturated carbocycles. The average molecular weight is 399 g/mol. The molecule has 0 spiro atoms. The summed E-state index contributed by atoms with van der Waals surface area (Å²) in [5, 5.41) is 0. The Morgan fingerprint density at radius 1 is 0.731 bits per heavy atom. The van der Waals surface area contributed by atoms with Crippen molar-refractivity contribution in [3.8, 4) is 0 Å². The van der Waals surface area contributed by atoms with Crippen LogP contribution < -0.4 is 0 Å². The van der Waals surface area contributed by atoms with Crippen molar-refractivity contribution in [3.63, 3.8) is 0 Å². The lowest BCUT2D eigenvalue weighted by atomic mass is 10.1. The van der Waals surface area contributed by atoms with E-state index in [0.717, 1.165) is 12.8 Å². The van der Waals surface area contributed by atoms with E-state index >= 15 is 0 Å². The second-order valence-corrected chi connectivity index (χ2v) is 7.60. The summed E-state index contributed by atoms with van der Waals surface area (Å²) in [5.74, 6) is 0. The number of ether oxygens (including phenoxy) is 3. The molecule has 0 heterocycles. The van der Waals surface area contributed by atoms with Crippen LogP contribution in [0.15, 0.2) is 0 Å². The topological polar surface area (TPSA) is 91.3 Å².